The summed E-state index contributed by atoms with van der Waals surface area (Å²) in [7, 11) is 0. The van der Waals surface area contributed by atoms with E-state index in [0.717, 1.165) is 28.4 Å². The lowest BCUT2D eigenvalue weighted by Gasteiger charge is -2.01. The highest BCUT2D eigenvalue weighted by Gasteiger charge is 2.04. The lowest BCUT2D eigenvalue weighted by Crippen LogP contribution is -1.91. The van der Waals surface area contributed by atoms with Gasteiger partial charge in [0.2, 0.25) is 0 Å². The Morgan fingerprint density at radius 2 is 2.21 bits per heavy atom. The maximum atomic E-state index is 4.42. The Labute approximate surface area is 86.9 Å². The predicted molar refractivity (Wildman–Crippen MR) is 57.3 cm³/mol. The first-order valence-electron chi connectivity index (χ1n) is 4.53. The van der Waals surface area contributed by atoms with Crippen molar-refractivity contribution in [3.8, 4) is 10.6 Å². The van der Waals surface area contributed by atoms with Crippen molar-refractivity contribution in [1.29, 1.82) is 0 Å². The Hall–Kier alpha value is -1.29. The van der Waals surface area contributed by atoms with Gasteiger partial charge in [-0.3, -0.25) is 4.98 Å². The molecule has 0 unspecified atom stereocenters. The molecule has 0 saturated heterocycles. The molecule has 72 valence electrons. The van der Waals surface area contributed by atoms with Crippen molar-refractivity contribution in [2.24, 2.45) is 0 Å². The van der Waals surface area contributed by atoms with E-state index in [4.69, 9.17) is 0 Å². The van der Waals surface area contributed by atoms with E-state index in [1.807, 2.05) is 13.0 Å². The van der Waals surface area contributed by atoms with E-state index < -0.39 is 0 Å². The molecule has 0 N–H and O–H groups in total. The molecule has 2 rings (SSSR count). The number of hydrogen-bond donors (Lipinski definition) is 0. The summed E-state index contributed by atoms with van der Waals surface area (Å²) in [5.41, 5.74) is 5.01. The SMILES string of the molecule is CCc1cc(-c2nncs2)cc(C)n1. The van der Waals surface area contributed by atoms with E-state index in [-0.39, 0.29) is 0 Å². The van der Waals surface area contributed by atoms with Crippen LogP contribution in [0.2, 0.25) is 0 Å². The van der Waals surface area contributed by atoms with Crippen molar-refractivity contribution in [1.82, 2.24) is 15.2 Å². The van der Waals surface area contributed by atoms with Gasteiger partial charge in [-0.25, -0.2) is 0 Å². The van der Waals surface area contributed by atoms with Crippen LogP contribution in [0, 0.1) is 6.92 Å². The highest BCUT2D eigenvalue weighted by Crippen LogP contribution is 2.21. The van der Waals surface area contributed by atoms with Crippen LogP contribution >= 0.6 is 11.3 Å². The maximum Gasteiger partial charge on any atom is 0.147 e. The van der Waals surface area contributed by atoms with E-state index in [9.17, 15) is 0 Å². The van der Waals surface area contributed by atoms with E-state index in [2.05, 4.69) is 28.2 Å². The second-order valence-electron chi connectivity index (χ2n) is 3.09. The van der Waals surface area contributed by atoms with Gasteiger partial charge in [-0.15, -0.1) is 10.2 Å². The Morgan fingerprint density at radius 1 is 1.36 bits per heavy atom. The van der Waals surface area contributed by atoms with Crippen molar-refractivity contribution in [3.63, 3.8) is 0 Å². The van der Waals surface area contributed by atoms with Crippen LogP contribution in [0.3, 0.4) is 0 Å². The Kier molecular flexibility index (Phi) is 2.54. The van der Waals surface area contributed by atoms with Crippen LogP contribution < -0.4 is 0 Å². The van der Waals surface area contributed by atoms with Crippen LogP contribution in [0.25, 0.3) is 10.6 Å². The van der Waals surface area contributed by atoms with Gasteiger partial charge in [0.05, 0.1) is 0 Å². The van der Waals surface area contributed by atoms with Crippen LogP contribution in [0.4, 0.5) is 0 Å². The molecule has 4 heteroatoms. The van der Waals surface area contributed by atoms with Gasteiger partial charge < -0.3 is 0 Å². The van der Waals surface area contributed by atoms with Gasteiger partial charge in [0.15, 0.2) is 0 Å². The number of aromatic nitrogens is 3. The highest BCUT2D eigenvalue weighted by molar-refractivity contribution is 7.12. The van der Waals surface area contributed by atoms with Gasteiger partial charge in [-0.1, -0.05) is 18.3 Å². The van der Waals surface area contributed by atoms with Gasteiger partial charge >= 0.3 is 0 Å². The van der Waals surface area contributed by atoms with Crippen molar-refractivity contribution in [3.05, 3.63) is 29.0 Å². The number of pyridine rings is 1. The summed E-state index contributed by atoms with van der Waals surface area (Å²) in [6, 6.07) is 4.12. The molecule has 3 nitrogen and oxygen atoms in total. The Morgan fingerprint density at radius 3 is 2.86 bits per heavy atom. The molecule has 0 aliphatic rings. The maximum absolute atomic E-state index is 4.42. The van der Waals surface area contributed by atoms with Gasteiger partial charge in [0.25, 0.3) is 0 Å². The number of hydrogen-bond acceptors (Lipinski definition) is 4. The minimum absolute atomic E-state index is 0.952. The monoisotopic (exact) mass is 205 g/mol. The third-order valence-corrected chi connectivity index (χ3v) is 2.72. The quantitative estimate of drug-likeness (QED) is 0.756. The molecule has 2 heterocycles. The predicted octanol–water partition coefficient (Wildman–Crippen LogP) is 2.47. The van der Waals surface area contributed by atoms with E-state index in [0.29, 0.717) is 0 Å². The number of nitrogens with zero attached hydrogens (tertiary/aromatic N) is 3. The van der Waals surface area contributed by atoms with Crippen LogP contribution in [0.1, 0.15) is 18.3 Å². The Balaban J connectivity index is 2.48. The van der Waals surface area contributed by atoms with Crippen LogP contribution in [-0.4, -0.2) is 15.2 Å². The Bertz CT molecular complexity index is 423. The minimum atomic E-state index is 0.952. The molecule has 0 aromatic carbocycles. The van der Waals surface area contributed by atoms with Crippen molar-refractivity contribution in [2.45, 2.75) is 20.3 Å². The summed E-state index contributed by atoms with van der Waals surface area (Å²) in [5, 5.41) is 8.84. The standard InChI is InChI=1S/C10H11N3S/c1-3-9-5-8(4-7(2)12-9)10-13-11-6-14-10/h4-6H,3H2,1-2H3. The van der Waals surface area contributed by atoms with Gasteiger partial charge in [-0.05, 0) is 25.5 Å². The molecular formula is C10H11N3S. The van der Waals surface area contributed by atoms with E-state index >= 15 is 0 Å². The van der Waals surface area contributed by atoms with Crippen LogP contribution in [0.15, 0.2) is 17.6 Å². The second-order valence-corrected chi connectivity index (χ2v) is 3.92. The number of rotatable bonds is 2. The van der Waals surface area contributed by atoms with Crippen molar-refractivity contribution < 1.29 is 0 Å². The van der Waals surface area contributed by atoms with Crippen molar-refractivity contribution in [2.75, 3.05) is 0 Å². The molecule has 0 fully saturated rings. The van der Waals surface area contributed by atoms with E-state index in [1.165, 1.54) is 0 Å². The summed E-state index contributed by atoms with van der Waals surface area (Å²) < 4.78 is 0. The average molecular weight is 205 g/mol. The molecule has 0 atom stereocenters. The first-order chi connectivity index (χ1) is 6.79. The number of aryl methyl sites for hydroxylation is 2. The molecule has 2 aromatic heterocycles. The fourth-order valence-corrected chi connectivity index (χ4v) is 1.88. The van der Waals surface area contributed by atoms with Gasteiger partial charge in [-0.2, -0.15) is 0 Å². The first kappa shape index (κ1) is 9.27. The summed E-state index contributed by atoms with van der Waals surface area (Å²) in [6.07, 6.45) is 0.952. The second kappa shape index (κ2) is 3.84. The molecule has 0 saturated carbocycles. The molecular weight excluding hydrogens is 194 g/mol. The summed E-state index contributed by atoms with van der Waals surface area (Å²) >= 11 is 1.55. The zero-order valence-corrected chi connectivity index (χ0v) is 9.01. The molecule has 0 amide bonds. The molecule has 2 aromatic rings. The topological polar surface area (TPSA) is 38.7 Å². The smallest absolute Gasteiger partial charge is 0.147 e. The lowest BCUT2D eigenvalue weighted by molar-refractivity contribution is 1.00. The lowest BCUT2D eigenvalue weighted by atomic mass is 10.2. The highest BCUT2D eigenvalue weighted by atomic mass is 32.1. The normalized spacial score (nSPS) is 10.4. The molecule has 0 aliphatic carbocycles. The summed E-state index contributed by atoms with van der Waals surface area (Å²) in [5.74, 6) is 0. The fraction of sp³-hybridized carbons (Fsp3) is 0.300. The third-order valence-electron chi connectivity index (χ3n) is 1.98. The van der Waals surface area contributed by atoms with Crippen LogP contribution in [0.5, 0.6) is 0 Å². The van der Waals surface area contributed by atoms with Gasteiger partial charge in [0.1, 0.15) is 10.5 Å². The molecule has 14 heavy (non-hydrogen) atoms. The van der Waals surface area contributed by atoms with Crippen LogP contribution in [-0.2, 0) is 6.42 Å². The van der Waals surface area contributed by atoms with E-state index in [1.54, 1.807) is 16.8 Å². The zero-order chi connectivity index (χ0) is 9.97. The summed E-state index contributed by atoms with van der Waals surface area (Å²) in [6.45, 7) is 4.11. The average Bonchev–Trinajstić information content (AvgIpc) is 2.69. The molecule has 0 radical (unpaired) electrons. The zero-order valence-electron chi connectivity index (χ0n) is 8.19. The molecule has 0 bridgehead atoms. The molecule has 0 aliphatic heterocycles. The fourth-order valence-electron chi connectivity index (χ4n) is 1.34. The first-order valence-corrected chi connectivity index (χ1v) is 5.41. The molecule has 0 spiro atoms. The van der Waals surface area contributed by atoms with Crippen molar-refractivity contribution >= 4 is 11.3 Å². The third kappa shape index (κ3) is 1.80. The largest absolute Gasteiger partial charge is 0.258 e. The summed E-state index contributed by atoms with van der Waals surface area (Å²) in [4.78, 5) is 4.42. The van der Waals surface area contributed by atoms with Gasteiger partial charge in [0, 0.05) is 17.0 Å². The minimum Gasteiger partial charge on any atom is -0.258 e.